The molecule has 3 heteroatoms. The van der Waals surface area contributed by atoms with Crippen molar-refractivity contribution in [1.82, 2.24) is 0 Å². The Kier molecular flexibility index (Phi) is 5.84. The fraction of sp³-hybridized carbons (Fsp3) is 0.875. The fourth-order valence-electron chi connectivity index (χ4n) is 1.13. The van der Waals surface area contributed by atoms with Gasteiger partial charge in [-0.15, -0.1) is 0 Å². The molecule has 0 saturated heterocycles. The number of carbonyl (C=O) groups is 1. The highest BCUT2D eigenvalue weighted by Gasteiger charge is 2.06. The van der Waals surface area contributed by atoms with Gasteiger partial charge in [0.05, 0.1) is 0 Å². The minimum atomic E-state index is -0.333. The normalized spacial score (nSPS) is 18.4. The molecule has 1 amide bonds. The van der Waals surface area contributed by atoms with Crippen LogP contribution in [0.1, 0.15) is 39.0 Å². The molecule has 3 nitrogen and oxygen atoms in total. The Bertz CT molecular complexity index is 105. The topological polar surface area (TPSA) is 69.1 Å². The largest absolute Gasteiger partial charge is 0.370 e. The van der Waals surface area contributed by atoms with Crippen LogP contribution in [0.25, 0.3) is 0 Å². The summed E-state index contributed by atoms with van der Waals surface area (Å²) in [7, 11) is 0. The molecule has 0 aromatic heterocycles. The molecule has 0 aromatic rings. The Morgan fingerprint density at radius 3 is 1.82 bits per heavy atom. The molecular formula is C8H18N2O. The van der Waals surface area contributed by atoms with Crippen LogP contribution in [0, 0.1) is 0 Å². The molecule has 0 aliphatic heterocycles. The second kappa shape index (κ2) is 6.16. The van der Waals surface area contributed by atoms with Crippen molar-refractivity contribution in [1.29, 1.82) is 0 Å². The van der Waals surface area contributed by atoms with Crippen molar-refractivity contribution in [3.63, 3.8) is 0 Å². The second-order valence-electron chi connectivity index (χ2n) is 3.01. The van der Waals surface area contributed by atoms with Crippen LogP contribution in [-0.4, -0.2) is 11.9 Å². The van der Waals surface area contributed by atoms with E-state index < -0.39 is 0 Å². The number of nitrogens with two attached hydrogens (primary N) is 2. The van der Waals surface area contributed by atoms with Crippen molar-refractivity contribution in [2.24, 2.45) is 11.5 Å². The Balaban J connectivity index is 0.000000218. The summed E-state index contributed by atoms with van der Waals surface area (Å²) in [5.74, 6) is -0.333. The summed E-state index contributed by atoms with van der Waals surface area (Å²) in [4.78, 5) is 9.22. The third-order valence-corrected chi connectivity index (χ3v) is 1.65. The lowest BCUT2D eigenvalue weighted by atomic mass is 9.97. The maximum atomic E-state index is 9.22. The zero-order valence-corrected chi connectivity index (χ0v) is 7.18. The van der Waals surface area contributed by atoms with Crippen molar-refractivity contribution < 1.29 is 4.79 Å². The van der Waals surface area contributed by atoms with Crippen molar-refractivity contribution in [3.05, 3.63) is 0 Å². The number of primary amides is 1. The SMILES string of the molecule is CC(N)=O.NC1CCCCC1. The first-order valence-electron chi connectivity index (χ1n) is 4.14. The fourth-order valence-corrected chi connectivity index (χ4v) is 1.13. The molecule has 0 bridgehead atoms. The monoisotopic (exact) mass is 158 g/mol. The first-order valence-corrected chi connectivity index (χ1v) is 4.14. The number of hydrogen-bond acceptors (Lipinski definition) is 2. The molecule has 66 valence electrons. The molecule has 0 atom stereocenters. The van der Waals surface area contributed by atoms with Gasteiger partial charge in [-0.25, -0.2) is 0 Å². The quantitative estimate of drug-likeness (QED) is 0.546. The van der Waals surface area contributed by atoms with Crippen LogP contribution >= 0.6 is 0 Å². The van der Waals surface area contributed by atoms with Gasteiger partial charge in [-0.05, 0) is 12.8 Å². The zero-order chi connectivity index (χ0) is 8.69. The standard InChI is InChI=1S/C6H13N.C2H5NO/c7-6-4-2-1-3-5-6;1-2(3)4/h6H,1-5,7H2;1H3,(H2,3,4). The summed E-state index contributed by atoms with van der Waals surface area (Å²) in [6.45, 7) is 1.31. The molecule has 1 fully saturated rings. The van der Waals surface area contributed by atoms with Crippen LogP contribution in [0.2, 0.25) is 0 Å². The lowest BCUT2D eigenvalue weighted by Crippen LogP contribution is -2.22. The van der Waals surface area contributed by atoms with Crippen LogP contribution in [0.15, 0.2) is 0 Å². The van der Waals surface area contributed by atoms with Gasteiger partial charge in [-0.3, -0.25) is 4.79 Å². The molecular weight excluding hydrogens is 140 g/mol. The van der Waals surface area contributed by atoms with Crippen molar-refractivity contribution in [2.45, 2.75) is 45.1 Å². The third-order valence-electron chi connectivity index (χ3n) is 1.65. The van der Waals surface area contributed by atoms with E-state index in [2.05, 4.69) is 5.73 Å². The summed E-state index contributed by atoms with van der Waals surface area (Å²) < 4.78 is 0. The van der Waals surface area contributed by atoms with E-state index in [4.69, 9.17) is 5.73 Å². The van der Waals surface area contributed by atoms with Gasteiger partial charge in [0.15, 0.2) is 0 Å². The van der Waals surface area contributed by atoms with Crippen molar-refractivity contribution in [2.75, 3.05) is 0 Å². The van der Waals surface area contributed by atoms with Crippen LogP contribution in [0.5, 0.6) is 0 Å². The number of rotatable bonds is 0. The van der Waals surface area contributed by atoms with Gasteiger partial charge >= 0.3 is 0 Å². The zero-order valence-electron chi connectivity index (χ0n) is 7.18. The van der Waals surface area contributed by atoms with Crippen LogP contribution < -0.4 is 11.5 Å². The molecule has 1 saturated carbocycles. The summed E-state index contributed by atoms with van der Waals surface area (Å²) in [5.41, 5.74) is 10.1. The van der Waals surface area contributed by atoms with E-state index in [1.54, 1.807) is 0 Å². The molecule has 1 rings (SSSR count). The van der Waals surface area contributed by atoms with Crippen LogP contribution in [0.3, 0.4) is 0 Å². The van der Waals surface area contributed by atoms with E-state index in [1.807, 2.05) is 0 Å². The van der Waals surface area contributed by atoms with E-state index >= 15 is 0 Å². The van der Waals surface area contributed by atoms with Crippen molar-refractivity contribution in [3.8, 4) is 0 Å². The minimum Gasteiger partial charge on any atom is -0.370 e. The van der Waals surface area contributed by atoms with Crippen LogP contribution in [-0.2, 0) is 4.79 Å². The number of amides is 1. The lowest BCUT2D eigenvalue weighted by molar-refractivity contribution is -0.115. The minimum absolute atomic E-state index is 0.333. The van der Waals surface area contributed by atoms with Gasteiger partial charge in [0.25, 0.3) is 0 Å². The number of carbonyl (C=O) groups excluding carboxylic acids is 1. The Labute approximate surface area is 68.1 Å². The molecule has 1 aliphatic carbocycles. The second-order valence-corrected chi connectivity index (χ2v) is 3.01. The molecule has 11 heavy (non-hydrogen) atoms. The van der Waals surface area contributed by atoms with E-state index in [0.29, 0.717) is 6.04 Å². The highest BCUT2D eigenvalue weighted by Crippen LogP contribution is 2.14. The highest BCUT2D eigenvalue weighted by molar-refractivity contribution is 5.70. The predicted octanol–water partition coefficient (Wildman–Crippen LogP) is 0.769. The molecule has 1 aliphatic rings. The Hall–Kier alpha value is -0.570. The molecule has 0 spiro atoms. The molecule has 0 aromatic carbocycles. The Morgan fingerprint density at radius 1 is 1.27 bits per heavy atom. The molecule has 0 unspecified atom stereocenters. The predicted molar refractivity (Wildman–Crippen MR) is 45.9 cm³/mol. The average Bonchev–Trinajstić information content (AvgIpc) is 1.87. The first-order chi connectivity index (χ1) is 5.13. The highest BCUT2D eigenvalue weighted by atomic mass is 16.1. The first kappa shape index (κ1) is 10.4. The van der Waals surface area contributed by atoms with E-state index in [9.17, 15) is 4.79 Å². The number of hydrogen-bond donors (Lipinski definition) is 2. The van der Waals surface area contributed by atoms with Gasteiger partial charge in [0.1, 0.15) is 0 Å². The Morgan fingerprint density at radius 2 is 1.64 bits per heavy atom. The van der Waals surface area contributed by atoms with Crippen molar-refractivity contribution >= 4 is 5.91 Å². The maximum Gasteiger partial charge on any atom is 0.214 e. The summed E-state index contributed by atoms with van der Waals surface area (Å²) in [5, 5.41) is 0. The van der Waals surface area contributed by atoms with Crippen LogP contribution in [0.4, 0.5) is 0 Å². The van der Waals surface area contributed by atoms with E-state index in [1.165, 1.54) is 39.0 Å². The third kappa shape index (κ3) is 9.43. The molecule has 0 radical (unpaired) electrons. The molecule has 0 heterocycles. The van der Waals surface area contributed by atoms with E-state index in [0.717, 1.165) is 0 Å². The summed E-state index contributed by atoms with van der Waals surface area (Å²) >= 11 is 0. The summed E-state index contributed by atoms with van der Waals surface area (Å²) in [6, 6.07) is 0.536. The summed E-state index contributed by atoms with van der Waals surface area (Å²) in [6.07, 6.45) is 6.66. The lowest BCUT2D eigenvalue weighted by Gasteiger charge is -2.15. The molecule has 4 N–H and O–H groups in total. The average molecular weight is 158 g/mol. The van der Waals surface area contributed by atoms with Gasteiger partial charge in [-0.1, -0.05) is 19.3 Å². The van der Waals surface area contributed by atoms with Gasteiger partial charge < -0.3 is 11.5 Å². The van der Waals surface area contributed by atoms with Gasteiger partial charge in [-0.2, -0.15) is 0 Å². The van der Waals surface area contributed by atoms with Gasteiger partial charge in [0, 0.05) is 13.0 Å². The van der Waals surface area contributed by atoms with E-state index in [-0.39, 0.29) is 5.91 Å². The maximum absolute atomic E-state index is 9.22. The smallest absolute Gasteiger partial charge is 0.214 e. The van der Waals surface area contributed by atoms with Gasteiger partial charge in [0.2, 0.25) is 5.91 Å².